The molecule has 1 aromatic rings. The fourth-order valence-electron chi connectivity index (χ4n) is 1.00. The highest BCUT2D eigenvalue weighted by molar-refractivity contribution is 8.00. The van der Waals surface area contributed by atoms with Gasteiger partial charge in [-0.1, -0.05) is 11.8 Å². The monoisotopic (exact) mass is 226 g/mol. The third-order valence-corrected chi connectivity index (χ3v) is 3.19. The molecule has 0 bridgehead atoms. The molecular formula is C10H14N2O2S. The molecule has 1 atom stereocenters. The number of aromatic nitrogens is 2. The van der Waals surface area contributed by atoms with Crippen LogP contribution in [0.2, 0.25) is 0 Å². The molecule has 4 nitrogen and oxygen atoms in total. The van der Waals surface area contributed by atoms with Gasteiger partial charge in [0.15, 0.2) is 5.16 Å². The van der Waals surface area contributed by atoms with Crippen LogP contribution in [0.15, 0.2) is 5.16 Å². The Morgan fingerprint density at radius 2 is 1.73 bits per heavy atom. The van der Waals surface area contributed by atoms with Crippen LogP contribution in [-0.2, 0) is 4.79 Å². The molecule has 1 heterocycles. The second-order valence-electron chi connectivity index (χ2n) is 3.40. The molecule has 0 saturated carbocycles. The zero-order chi connectivity index (χ0) is 11.6. The molecule has 0 amide bonds. The number of carbonyl (C=O) groups is 1. The van der Waals surface area contributed by atoms with Gasteiger partial charge < -0.3 is 5.11 Å². The predicted octanol–water partition coefficient (Wildman–Crippen LogP) is 1.97. The summed E-state index contributed by atoms with van der Waals surface area (Å²) in [7, 11) is 0. The smallest absolute Gasteiger partial charge is 0.316 e. The lowest BCUT2D eigenvalue weighted by Crippen LogP contribution is -2.12. The number of hydrogen-bond acceptors (Lipinski definition) is 4. The van der Waals surface area contributed by atoms with Crippen molar-refractivity contribution in [2.75, 3.05) is 0 Å². The standard InChI is InChI=1S/C10H14N2O2S/c1-5-6(2)11-10(12-7(5)3)15-8(4)9(13)14/h8H,1-4H3,(H,13,14). The molecule has 0 saturated heterocycles. The van der Waals surface area contributed by atoms with Crippen LogP contribution in [-0.4, -0.2) is 26.3 Å². The van der Waals surface area contributed by atoms with Gasteiger partial charge >= 0.3 is 5.97 Å². The van der Waals surface area contributed by atoms with Crippen molar-refractivity contribution in [1.29, 1.82) is 0 Å². The highest BCUT2D eigenvalue weighted by Crippen LogP contribution is 2.21. The molecule has 15 heavy (non-hydrogen) atoms. The van der Waals surface area contributed by atoms with Gasteiger partial charge in [0.2, 0.25) is 0 Å². The van der Waals surface area contributed by atoms with E-state index in [0.29, 0.717) is 5.16 Å². The van der Waals surface area contributed by atoms with E-state index < -0.39 is 11.2 Å². The quantitative estimate of drug-likeness (QED) is 0.630. The Bertz CT molecular complexity index is 370. The first-order valence-corrected chi connectivity index (χ1v) is 5.51. The van der Waals surface area contributed by atoms with Gasteiger partial charge in [-0.15, -0.1) is 0 Å². The molecule has 1 N–H and O–H groups in total. The van der Waals surface area contributed by atoms with Gasteiger partial charge in [-0.2, -0.15) is 0 Å². The highest BCUT2D eigenvalue weighted by Gasteiger charge is 2.15. The summed E-state index contributed by atoms with van der Waals surface area (Å²) in [6.45, 7) is 7.39. The summed E-state index contributed by atoms with van der Waals surface area (Å²) < 4.78 is 0. The summed E-state index contributed by atoms with van der Waals surface area (Å²) in [5, 5.41) is 8.77. The molecule has 0 aromatic carbocycles. The van der Waals surface area contributed by atoms with Gasteiger partial charge in [0, 0.05) is 11.4 Å². The number of carboxylic acid groups (broad SMARTS) is 1. The Kier molecular flexibility index (Phi) is 3.68. The summed E-state index contributed by atoms with van der Waals surface area (Å²) in [6.07, 6.45) is 0. The van der Waals surface area contributed by atoms with Crippen molar-refractivity contribution < 1.29 is 9.90 Å². The molecular weight excluding hydrogens is 212 g/mol. The van der Waals surface area contributed by atoms with Crippen molar-refractivity contribution in [1.82, 2.24) is 9.97 Å². The van der Waals surface area contributed by atoms with E-state index in [4.69, 9.17) is 5.11 Å². The SMILES string of the molecule is Cc1nc(SC(C)C(=O)O)nc(C)c1C. The van der Waals surface area contributed by atoms with Gasteiger partial charge in [0.25, 0.3) is 0 Å². The van der Waals surface area contributed by atoms with E-state index in [1.807, 2.05) is 20.8 Å². The fraction of sp³-hybridized carbons (Fsp3) is 0.500. The molecule has 0 aliphatic heterocycles. The number of nitrogens with zero attached hydrogens (tertiary/aromatic N) is 2. The molecule has 1 unspecified atom stereocenters. The van der Waals surface area contributed by atoms with E-state index in [1.165, 1.54) is 11.8 Å². The average molecular weight is 226 g/mol. The van der Waals surface area contributed by atoms with Gasteiger partial charge in [-0.05, 0) is 33.3 Å². The van der Waals surface area contributed by atoms with Gasteiger partial charge in [-0.3, -0.25) is 4.79 Å². The maximum absolute atomic E-state index is 10.7. The van der Waals surface area contributed by atoms with Crippen LogP contribution in [0.25, 0.3) is 0 Å². The number of rotatable bonds is 3. The topological polar surface area (TPSA) is 63.1 Å². The van der Waals surface area contributed by atoms with E-state index >= 15 is 0 Å². The van der Waals surface area contributed by atoms with Crippen LogP contribution >= 0.6 is 11.8 Å². The minimum atomic E-state index is -0.848. The van der Waals surface area contributed by atoms with E-state index in [9.17, 15) is 4.79 Å². The summed E-state index contributed by atoms with van der Waals surface area (Å²) in [5.41, 5.74) is 2.87. The van der Waals surface area contributed by atoms with Gasteiger partial charge in [-0.25, -0.2) is 9.97 Å². The lowest BCUT2D eigenvalue weighted by Gasteiger charge is -2.08. The van der Waals surface area contributed by atoms with Crippen molar-refractivity contribution >= 4 is 17.7 Å². The van der Waals surface area contributed by atoms with Crippen LogP contribution in [0.4, 0.5) is 0 Å². The Labute approximate surface area is 93.1 Å². The molecule has 0 radical (unpaired) electrons. The summed E-state index contributed by atoms with van der Waals surface area (Å²) in [6, 6.07) is 0. The van der Waals surface area contributed by atoms with Crippen LogP contribution in [0.3, 0.4) is 0 Å². The van der Waals surface area contributed by atoms with Crippen LogP contribution in [0.1, 0.15) is 23.9 Å². The highest BCUT2D eigenvalue weighted by atomic mass is 32.2. The van der Waals surface area contributed by atoms with Crippen LogP contribution < -0.4 is 0 Å². The fourth-order valence-corrected chi connectivity index (χ4v) is 1.80. The normalized spacial score (nSPS) is 12.5. The molecule has 1 aromatic heterocycles. The number of carboxylic acids is 1. The summed E-state index contributed by atoms with van der Waals surface area (Å²) in [5.74, 6) is -0.848. The third-order valence-electron chi connectivity index (χ3n) is 2.24. The molecule has 0 aliphatic rings. The number of aliphatic carboxylic acids is 1. The lowest BCUT2D eigenvalue weighted by atomic mass is 10.2. The van der Waals surface area contributed by atoms with Crippen molar-refractivity contribution in [3.63, 3.8) is 0 Å². The Hall–Kier alpha value is -1.10. The van der Waals surface area contributed by atoms with Crippen LogP contribution in [0.5, 0.6) is 0 Å². The van der Waals surface area contributed by atoms with Crippen molar-refractivity contribution in [2.24, 2.45) is 0 Å². The maximum Gasteiger partial charge on any atom is 0.316 e. The first kappa shape index (κ1) is 12.0. The van der Waals surface area contributed by atoms with Gasteiger partial charge in [0.1, 0.15) is 5.25 Å². The zero-order valence-corrected chi connectivity index (χ0v) is 10.1. The minimum Gasteiger partial charge on any atom is -0.480 e. The number of aryl methyl sites for hydroxylation is 2. The maximum atomic E-state index is 10.7. The molecule has 1 rings (SSSR count). The van der Waals surface area contributed by atoms with E-state index in [0.717, 1.165) is 17.0 Å². The van der Waals surface area contributed by atoms with E-state index in [1.54, 1.807) is 6.92 Å². The Morgan fingerprint density at radius 3 is 2.13 bits per heavy atom. The second kappa shape index (κ2) is 4.61. The predicted molar refractivity (Wildman–Crippen MR) is 59.2 cm³/mol. The van der Waals surface area contributed by atoms with Crippen molar-refractivity contribution in [3.05, 3.63) is 17.0 Å². The van der Waals surface area contributed by atoms with E-state index in [-0.39, 0.29) is 0 Å². The first-order chi connectivity index (χ1) is 6.91. The van der Waals surface area contributed by atoms with Crippen LogP contribution in [0, 0.1) is 20.8 Å². The molecule has 0 spiro atoms. The third kappa shape index (κ3) is 2.92. The van der Waals surface area contributed by atoms with Crippen molar-refractivity contribution in [3.8, 4) is 0 Å². The molecule has 0 fully saturated rings. The van der Waals surface area contributed by atoms with E-state index in [2.05, 4.69) is 9.97 Å². The average Bonchev–Trinajstić information content (AvgIpc) is 2.13. The second-order valence-corrected chi connectivity index (χ2v) is 4.71. The zero-order valence-electron chi connectivity index (χ0n) is 9.24. The summed E-state index contributed by atoms with van der Waals surface area (Å²) in [4.78, 5) is 19.2. The largest absolute Gasteiger partial charge is 0.480 e. The number of hydrogen-bond donors (Lipinski definition) is 1. The number of thioether (sulfide) groups is 1. The molecule has 82 valence electrons. The molecule has 0 aliphatic carbocycles. The molecule has 5 heteroatoms. The lowest BCUT2D eigenvalue weighted by molar-refractivity contribution is -0.136. The Morgan fingerprint density at radius 1 is 1.27 bits per heavy atom. The minimum absolute atomic E-state index is 0.522. The van der Waals surface area contributed by atoms with Crippen molar-refractivity contribution in [2.45, 2.75) is 38.1 Å². The van der Waals surface area contributed by atoms with Gasteiger partial charge in [0.05, 0.1) is 0 Å². The Balaban J connectivity index is 2.92. The summed E-state index contributed by atoms with van der Waals surface area (Å²) >= 11 is 1.17. The first-order valence-electron chi connectivity index (χ1n) is 4.63.